The number of nitro benzene ring substituents is 1. The zero-order chi connectivity index (χ0) is 16.1. The first-order valence-corrected chi connectivity index (χ1v) is 6.70. The van der Waals surface area contributed by atoms with Crippen LogP contribution >= 0.6 is 0 Å². The summed E-state index contributed by atoms with van der Waals surface area (Å²) in [7, 11) is 3.95. The lowest BCUT2D eigenvalue weighted by Crippen LogP contribution is -2.08. The van der Waals surface area contributed by atoms with Crippen LogP contribution in [0.4, 0.5) is 17.1 Å². The average Bonchev–Trinajstić information content (AvgIpc) is 2.52. The molecule has 6 nitrogen and oxygen atoms in total. The lowest BCUT2D eigenvalue weighted by atomic mass is 10.1. The highest BCUT2D eigenvalue weighted by atomic mass is 16.6. The molecule has 0 radical (unpaired) electrons. The number of nitro groups is 1. The Morgan fingerprint density at radius 3 is 2.45 bits per heavy atom. The van der Waals surface area contributed by atoms with Crippen molar-refractivity contribution in [2.75, 3.05) is 24.3 Å². The van der Waals surface area contributed by atoms with E-state index in [0.29, 0.717) is 12.2 Å². The summed E-state index contributed by atoms with van der Waals surface area (Å²) in [4.78, 5) is 12.2. The van der Waals surface area contributed by atoms with Crippen LogP contribution in [0.5, 0.6) is 0 Å². The van der Waals surface area contributed by atoms with Crippen LogP contribution in [-0.4, -0.2) is 19.0 Å². The number of benzene rings is 2. The number of anilines is 2. The van der Waals surface area contributed by atoms with Gasteiger partial charge in [0.15, 0.2) is 0 Å². The fourth-order valence-corrected chi connectivity index (χ4v) is 2.00. The first kappa shape index (κ1) is 15.3. The molecule has 0 heterocycles. The molecule has 2 rings (SSSR count). The second-order valence-corrected chi connectivity index (χ2v) is 5.01. The van der Waals surface area contributed by atoms with Gasteiger partial charge in [-0.15, -0.1) is 0 Å². The van der Waals surface area contributed by atoms with E-state index in [1.807, 2.05) is 49.3 Å². The van der Waals surface area contributed by atoms with Crippen molar-refractivity contribution in [2.24, 2.45) is 0 Å². The number of nitrogens with zero attached hydrogens (tertiary/aromatic N) is 3. The van der Waals surface area contributed by atoms with Gasteiger partial charge in [0.05, 0.1) is 16.2 Å². The SMILES string of the molecule is CN(C)c1ccc(CNc2ccc([N+](=O)[O-])cc2C#N)cc1. The van der Waals surface area contributed by atoms with Crippen molar-refractivity contribution in [2.45, 2.75) is 6.54 Å². The third-order valence-corrected chi connectivity index (χ3v) is 3.27. The van der Waals surface area contributed by atoms with E-state index in [2.05, 4.69) is 5.32 Å². The normalized spacial score (nSPS) is 9.86. The van der Waals surface area contributed by atoms with Gasteiger partial charge in [-0.3, -0.25) is 10.1 Å². The summed E-state index contributed by atoms with van der Waals surface area (Å²) in [5.41, 5.74) is 2.94. The highest BCUT2D eigenvalue weighted by Gasteiger charge is 2.10. The van der Waals surface area contributed by atoms with Crippen LogP contribution in [0.2, 0.25) is 0 Å². The van der Waals surface area contributed by atoms with Gasteiger partial charge in [-0.25, -0.2) is 0 Å². The second-order valence-electron chi connectivity index (χ2n) is 5.01. The molecule has 0 saturated carbocycles. The van der Waals surface area contributed by atoms with Crippen LogP contribution in [0.1, 0.15) is 11.1 Å². The largest absolute Gasteiger partial charge is 0.380 e. The highest BCUT2D eigenvalue weighted by molar-refractivity contribution is 5.61. The number of non-ortho nitro benzene ring substituents is 1. The second kappa shape index (κ2) is 6.59. The van der Waals surface area contributed by atoms with Crippen molar-refractivity contribution in [1.82, 2.24) is 0 Å². The Bertz CT molecular complexity index is 718. The van der Waals surface area contributed by atoms with Gasteiger partial charge >= 0.3 is 0 Å². The van der Waals surface area contributed by atoms with Gasteiger partial charge in [0.1, 0.15) is 6.07 Å². The van der Waals surface area contributed by atoms with Crippen molar-refractivity contribution < 1.29 is 4.92 Å². The number of hydrogen-bond donors (Lipinski definition) is 1. The van der Waals surface area contributed by atoms with Crippen LogP contribution in [0.3, 0.4) is 0 Å². The molecule has 1 N–H and O–H groups in total. The van der Waals surface area contributed by atoms with Crippen molar-refractivity contribution >= 4 is 17.1 Å². The molecule has 0 aromatic heterocycles. The van der Waals surface area contributed by atoms with Crippen molar-refractivity contribution in [3.05, 3.63) is 63.7 Å². The van der Waals surface area contributed by atoms with Crippen LogP contribution in [0.25, 0.3) is 0 Å². The lowest BCUT2D eigenvalue weighted by Gasteiger charge is -2.13. The third-order valence-electron chi connectivity index (χ3n) is 3.27. The van der Waals surface area contributed by atoms with Crippen LogP contribution in [-0.2, 0) is 6.54 Å². The zero-order valence-corrected chi connectivity index (χ0v) is 12.4. The Morgan fingerprint density at radius 2 is 1.91 bits per heavy atom. The molecule has 0 bridgehead atoms. The van der Waals surface area contributed by atoms with Crippen molar-refractivity contribution in [3.8, 4) is 6.07 Å². The van der Waals surface area contributed by atoms with Gasteiger partial charge in [-0.2, -0.15) is 5.26 Å². The van der Waals surface area contributed by atoms with Gasteiger partial charge in [0, 0.05) is 38.5 Å². The molecule has 112 valence electrons. The molecule has 0 unspecified atom stereocenters. The standard InChI is InChI=1S/C16H16N4O2/c1-19(2)14-5-3-12(4-6-14)11-18-16-8-7-15(20(21)22)9-13(16)10-17/h3-9,18H,11H2,1-2H3. The molecule has 0 saturated heterocycles. The summed E-state index contributed by atoms with van der Waals surface area (Å²) in [6, 6.07) is 14.2. The van der Waals surface area contributed by atoms with E-state index in [1.54, 1.807) is 6.07 Å². The number of rotatable bonds is 5. The molecule has 6 heteroatoms. The molecule has 0 spiro atoms. The number of nitrogens with one attached hydrogen (secondary N) is 1. The summed E-state index contributed by atoms with van der Waals surface area (Å²) in [6.45, 7) is 0.542. The molecular weight excluding hydrogens is 280 g/mol. The predicted octanol–water partition coefficient (Wildman–Crippen LogP) is 3.14. The first-order chi connectivity index (χ1) is 10.5. The summed E-state index contributed by atoms with van der Waals surface area (Å²) in [5.74, 6) is 0. The van der Waals surface area contributed by atoms with E-state index >= 15 is 0 Å². The molecule has 22 heavy (non-hydrogen) atoms. The smallest absolute Gasteiger partial charge is 0.270 e. The molecule has 0 amide bonds. The summed E-state index contributed by atoms with van der Waals surface area (Å²) < 4.78 is 0. The number of hydrogen-bond acceptors (Lipinski definition) is 5. The number of nitriles is 1. The van der Waals surface area contributed by atoms with Crippen molar-refractivity contribution in [1.29, 1.82) is 5.26 Å². The maximum Gasteiger partial charge on any atom is 0.270 e. The molecule has 2 aromatic rings. The Hall–Kier alpha value is -3.07. The summed E-state index contributed by atoms with van der Waals surface area (Å²) >= 11 is 0. The molecule has 0 atom stereocenters. The fourth-order valence-electron chi connectivity index (χ4n) is 2.00. The summed E-state index contributed by atoms with van der Waals surface area (Å²) in [6.07, 6.45) is 0. The van der Waals surface area contributed by atoms with Gasteiger partial charge < -0.3 is 10.2 Å². The van der Waals surface area contributed by atoms with Crippen LogP contribution in [0.15, 0.2) is 42.5 Å². The van der Waals surface area contributed by atoms with E-state index < -0.39 is 4.92 Å². The molecule has 0 aliphatic heterocycles. The van der Waals surface area contributed by atoms with Crippen LogP contribution < -0.4 is 10.2 Å². The van der Waals surface area contributed by atoms with E-state index in [4.69, 9.17) is 5.26 Å². The quantitative estimate of drug-likeness (QED) is 0.677. The minimum Gasteiger partial charge on any atom is -0.380 e. The van der Waals surface area contributed by atoms with Gasteiger partial charge in [0.25, 0.3) is 5.69 Å². The monoisotopic (exact) mass is 296 g/mol. The van der Waals surface area contributed by atoms with Gasteiger partial charge in [-0.05, 0) is 23.8 Å². The molecule has 0 aliphatic rings. The van der Waals surface area contributed by atoms with Crippen LogP contribution in [0, 0.1) is 21.4 Å². The van der Waals surface area contributed by atoms with Gasteiger partial charge in [0.2, 0.25) is 0 Å². The molecule has 0 aliphatic carbocycles. The maximum atomic E-state index is 10.7. The fraction of sp³-hybridized carbons (Fsp3) is 0.188. The highest BCUT2D eigenvalue weighted by Crippen LogP contribution is 2.22. The van der Waals surface area contributed by atoms with Gasteiger partial charge in [-0.1, -0.05) is 12.1 Å². The van der Waals surface area contributed by atoms with E-state index in [9.17, 15) is 10.1 Å². The molecule has 2 aromatic carbocycles. The lowest BCUT2D eigenvalue weighted by molar-refractivity contribution is -0.384. The minimum absolute atomic E-state index is 0.0857. The maximum absolute atomic E-state index is 10.7. The predicted molar refractivity (Wildman–Crippen MR) is 85.9 cm³/mol. The first-order valence-electron chi connectivity index (χ1n) is 6.70. The minimum atomic E-state index is -0.509. The van der Waals surface area contributed by atoms with Crippen molar-refractivity contribution in [3.63, 3.8) is 0 Å². The Morgan fingerprint density at radius 1 is 1.23 bits per heavy atom. The average molecular weight is 296 g/mol. The summed E-state index contributed by atoms with van der Waals surface area (Å²) in [5, 5.41) is 23.0. The zero-order valence-electron chi connectivity index (χ0n) is 12.4. The van der Waals surface area contributed by atoms with E-state index in [1.165, 1.54) is 12.1 Å². The third kappa shape index (κ3) is 3.52. The van der Waals surface area contributed by atoms with E-state index in [0.717, 1.165) is 11.3 Å². The van der Waals surface area contributed by atoms with E-state index in [-0.39, 0.29) is 11.3 Å². The molecule has 0 fully saturated rings. The molecular formula is C16H16N4O2. The Balaban J connectivity index is 2.11. The Kier molecular flexibility index (Phi) is 4.59. The topological polar surface area (TPSA) is 82.2 Å². The Labute approximate surface area is 128 Å².